The fourth-order valence-corrected chi connectivity index (χ4v) is 6.97. The normalized spacial score (nSPS) is 22.7. The Morgan fingerprint density at radius 3 is 2.33 bits per heavy atom. The first-order valence-electron chi connectivity index (χ1n) is 18.1. The van der Waals surface area contributed by atoms with Gasteiger partial charge in [0, 0.05) is 37.1 Å². The summed E-state index contributed by atoms with van der Waals surface area (Å²) in [5.74, 6) is 1.52. The van der Waals surface area contributed by atoms with Crippen molar-refractivity contribution in [2.24, 2.45) is 0 Å². The van der Waals surface area contributed by atoms with E-state index in [4.69, 9.17) is 35.6 Å². The summed E-state index contributed by atoms with van der Waals surface area (Å²) in [6, 6.07) is 6.50. The van der Waals surface area contributed by atoms with Crippen molar-refractivity contribution in [1.29, 1.82) is 0 Å². The molecule has 6 rings (SSSR count). The fraction of sp³-hybridized carbons (Fsp3) is 0.595. The van der Waals surface area contributed by atoms with Gasteiger partial charge in [0.15, 0.2) is 0 Å². The van der Waals surface area contributed by atoms with E-state index >= 15 is 0 Å². The highest BCUT2D eigenvalue weighted by molar-refractivity contribution is 6.32. The minimum atomic E-state index is -0.268. The zero-order valence-corrected chi connectivity index (χ0v) is 31.6. The number of nitrogens with zero attached hydrogens (tertiary/aromatic N) is 8. The van der Waals surface area contributed by atoms with Crippen molar-refractivity contribution in [3.8, 4) is 22.8 Å². The molecule has 0 radical (unpaired) electrons. The highest BCUT2D eigenvalue weighted by atomic mass is 35.5. The molecule has 3 aromatic heterocycles. The number of halogens is 1. The van der Waals surface area contributed by atoms with Crippen LogP contribution in [0.5, 0.6) is 11.6 Å². The van der Waals surface area contributed by atoms with Gasteiger partial charge in [0.05, 0.1) is 48.2 Å². The molecule has 276 valence electrons. The first-order chi connectivity index (χ1) is 24.4. The van der Waals surface area contributed by atoms with E-state index in [0.29, 0.717) is 47.5 Å². The molecule has 2 aliphatic rings. The molecular weight excluding hydrogens is 670 g/mol. The van der Waals surface area contributed by atoms with E-state index in [1.807, 2.05) is 59.0 Å². The molecule has 51 heavy (non-hydrogen) atoms. The lowest BCUT2D eigenvalue weighted by Crippen LogP contribution is -2.51. The second kappa shape index (κ2) is 16.3. The molecule has 1 saturated heterocycles. The van der Waals surface area contributed by atoms with E-state index < -0.39 is 0 Å². The van der Waals surface area contributed by atoms with Gasteiger partial charge in [-0.2, -0.15) is 5.10 Å². The van der Waals surface area contributed by atoms with Gasteiger partial charge in [-0.05, 0) is 91.8 Å². The Morgan fingerprint density at radius 1 is 0.961 bits per heavy atom. The van der Waals surface area contributed by atoms with Crippen molar-refractivity contribution in [3.05, 3.63) is 54.5 Å². The van der Waals surface area contributed by atoms with Crippen molar-refractivity contribution >= 4 is 23.2 Å². The lowest BCUT2D eigenvalue weighted by Gasteiger charge is -2.42. The summed E-state index contributed by atoms with van der Waals surface area (Å²) >= 11 is 6.49. The van der Waals surface area contributed by atoms with Gasteiger partial charge in [-0.25, -0.2) is 19.6 Å². The Balaban J connectivity index is 1.14. The van der Waals surface area contributed by atoms with Crippen LogP contribution in [-0.2, 0) is 16.0 Å². The summed E-state index contributed by atoms with van der Waals surface area (Å²) in [5, 5.41) is 13.0. The van der Waals surface area contributed by atoms with Gasteiger partial charge in [-0.15, -0.1) is 5.10 Å². The average molecular weight is 722 g/mol. The summed E-state index contributed by atoms with van der Waals surface area (Å²) in [6.45, 7) is 17.4. The summed E-state index contributed by atoms with van der Waals surface area (Å²) in [5.41, 5.74) is 2.16. The van der Waals surface area contributed by atoms with Gasteiger partial charge in [0.25, 0.3) is 5.88 Å². The third-order valence-corrected chi connectivity index (χ3v) is 9.48. The number of nitrogens with one attached hydrogen (secondary N) is 1. The number of aromatic nitrogens is 7. The molecule has 0 spiro atoms. The van der Waals surface area contributed by atoms with Crippen LogP contribution in [0, 0.1) is 0 Å². The predicted molar refractivity (Wildman–Crippen MR) is 197 cm³/mol. The molecule has 1 aliphatic heterocycles. The molecule has 2 fully saturated rings. The number of ether oxygens (including phenoxy) is 4. The van der Waals surface area contributed by atoms with Crippen molar-refractivity contribution in [3.63, 3.8) is 0 Å². The Bertz CT molecular complexity index is 1680. The van der Waals surface area contributed by atoms with Crippen LogP contribution >= 0.6 is 11.6 Å². The quantitative estimate of drug-likeness (QED) is 0.154. The van der Waals surface area contributed by atoms with Crippen molar-refractivity contribution in [2.75, 3.05) is 25.0 Å². The van der Waals surface area contributed by atoms with Crippen molar-refractivity contribution < 1.29 is 18.9 Å². The standard InChI is InChI=1S/C37H52ClN9O4/c1-24-17-45(18-25(2)49-24)30-9-11-31(12-10-30)47-20-33(35(44-47)51-27(4)21-48-37(5,6)7)43-36-40-15-29(16-41-36)28-8-13-32(38)34(14-28)50-26(3)19-46-23-39-22-42-46/h8,13-16,20,22-27,30-31H,9-12,17-19,21H2,1-7H3,(H,40,41,43)/t24-,25+,26-,27?,30?,31?/m0/s1. The van der Waals surface area contributed by atoms with Crippen molar-refractivity contribution in [2.45, 2.75) is 123 Å². The maximum absolute atomic E-state index is 6.49. The molecule has 14 heteroatoms. The first kappa shape index (κ1) is 37.0. The maximum atomic E-state index is 6.49. The summed E-state index contributed by atoms with van der Waals surface area (Å²) in [7, 11) is 0. The highest BCUT2D eigenvalue weighted by Gasteiger charge is 2.32. The predicted octanol–water partition coefficient (Wildman–Crippen LogP) is 6.97. The zero-order valence-electron chi connectivity index (χ0n) is 30.8. The van der Waals surface area contributed by atoms with Gasteiger partial charge in [0.1, 0.15) is 36.3 Å². The topological polar surface area (TPSA) is 127 Å². The molecule has 4 aromatic rings. The van der Waals surface area contributed by atoms with Gasteiger partial charge in [-0.3, -0.25) is 9.58 Å². The third-order valence-electron chi connectivity index (χ3n) is 9.17. The lowest BCUT2D eigenvalue weighted by molar-refractivity contribution is -0.0852. The summed E-state index contributed by atoms with van der Waals surface area (Å²) in [6.07, 6.45) is 13.3. The fourth-order valence-electron chi connectivity index (χ4n) is 6.81. The van der Waals surface area contributed by atoms with E-state index in [-0.39, 0.29) is 36.1 Å². The van der Waals surface area contributed by atoms with Gasteiger partial charge in [-0.1, -0.05) is 17.7 Å². The maximum Gasteiger partial charge on any atom is 0.257 e. The first-order valence-corrected chi connectivity index (χ1v) is 18.4. The molecule has 13 nitrogen and oxygen atoms in total. The van der Waals surface area contributed by atoms with E-state index in [9.17, 15) is 0 Å². The summed E-state index contributed by atoms with van der Waals surface area (Å²) < 4.78 is 28.3. The number of morpholine rings is 1. The minimum Gasteiger partial charge on any atom is -0.487 e. The van der Waals surface area contributed by atoms with Crippen LogP contribution in [0.3, 0.4) is 0 Å². The number of anilines is 2. The molecular formula is C37H52ClN9O4. The number of hydrogen-bond donors (Lipinski definition) is 1. The van der Waals surface area contributed by atoms with E-state index in [1.54, 1.807) is 23.4 Å². The van der Waals surface area contributed by atoms with Crippen LogP contribution in [0.2, 0.25) is 5.02 Å². The molecule has 0 bridgehead atoms. The van der Waals surface area contributed by atoms with Gasteiger partial charge in [0.2, 0.25) is 5.95 Å². The molecule has 1 saturated carbocycles. The molecule has 4 atom stereocenters. The van der Waals surface area contributed by atoms with Crippen LogP contribution in [0.1, 0.15) is 80.2 Å². The van der Waals surface area contributed by atoms with Crippen LogP contribution in [-0.4, -0.2) is 95.2 Å². The SMILES string of the molecule is CC(COC(C)(C)C)Oc1nn(C2CCC(N3C[C@@H](C)O[C@@H](C)C3)CC2)cc1Nc1ncc(-c2ccc(Cl)c(O[C@@H](C)Cn3cncn3)c2)cn1. The van der Waals surface area contributed by atoms with E-state index in [0.717, 1.165) is 49.9 Å². The number of hydrogen-bond acceptors (Lipinski definition) is 11. The molecule has 0 amide bonds. The molecule has 1 aromatic carbocycles. The van der Waals surface area contributed by atoms with E-state index in [2.05, 4.69) is 48.8 Å². The Kier molecular flexibility index (Phi) is 11.8. The Hall–Kier alpha value is -3.78. The van der Waals surface area contributed by atoms with Crippen LogP contribution < -0.4 is 14.8 Å². The van der Waals surface area contributed by atoms with Crippen molar-refractivity contribution in [1.82, 2.24) is 39.4 Å². The number of benzene rings is 1. The molecule has 4 heterocycles. The van der Waals surface area contributed by atoms with Crippen LogP contribution in [0.25, 0.3) is 11.1 Å². The second-order valence-electron chi connectivity index (χ2n) is 15.0. The Labute approximate surface area is 306 Å². The van der Waals surface area contributed by atoms with Crippen LogP contribution in [0.15, 0.2) is 49.4 Å². The smallest absolute Gasteiger partial charge is 0.257 e. The average Bonchev–Trinajstić information content (AvgIpc) is 3.74. The van der Waals surface area contributed by atoms with Crippen LogP contribution in [0.4, 0.5) is 11.6 Å². The van der Waals surface area contributed by atoms with Gasteiger partial charge >= 0.3 is 0 Å². The van der Waals surface area contributed by atoms with E-state index in [1.165, 1.54) is 6.33 Å². The number of rotatable bonds is 13. The largest absolute Gasteiger partial charge is 0.487 e. The summed E-state index contributed by atoms with van der Waals surface area (Å²) in [4.78, 5) is 15.9. The highest BCUT2D eigenvalue weighted by Crippen LogP contribution is 2.36. The Morgan fingerprint density at radius 2 is 1.67 bits per heavy atom. The molecule has 1 unspecified atom stereocenters. The molecule has 1 aliphatic carbocycles. The monoisotopic (exact) mass is 721 g/mol. The molecule has 1 N–H and O–H groups in total. The second-order valence-corrected chi connectivity index (χ2v) is 15.4. The van der Waals surface area contributed by atoms with Gasteiger partial charge < -0.3 is 24.3 Å². The third kappa shape index (κ3) is 10.2. The minimum absolute atomic E-state index is 0.171. The lowest BCUT2D eigenvalue weighted by atomic mass is 9.89. The zero-order chi connectivity index (χ0) is 36.1.